The van der Waals surface area contributed by atoms with Crippen molar-refractivity contribution in [1.29, 1.82) is 0 Å². The maximum Gasteiger partial charge on any atom is 0.211 e. The lowest BCUT2D eigenvalue weighted by atomic mass is 10.2. The summed E-state index contributed by atoms with van der Waals surface area (Å²) >= 11 is 0. The molecule has 84 valence electrons. The van der Waals surface area contributed by atoms with Gasteiger partial charge in [-0.3, -0.25) is 9.69 Å². The normalized spacial score (nSPS) is 10.9. The second kappa shape index (κ2) is 6.40. The van der Waals surface area contributed by atoms with Gasteiger partial charge in [0.2, 0.25) is 5.78 Å². The molecule has 0 aromatic carbocycles. The number of likely N-dealkylation sites (N-methyl/N-ethyl adjacent to an activating group) is 1. The first kappa shape index (κ1) is 12.0. The first-order chi connectivity index (χ1) is 7.24. The molecule has 0 aliphatic carbocycles. The van der Waals surface area contributed by atoms with E-state index in [2.05, 4.69) is 6.92 Å². The number of furan rings is 1. The zero-order valence-electron chi connectivity index (χ0n) is 9.53. The number of rotatable bonds is 7. The summed E-state index contributed by atoms with van der Waals surface area (Å²) in [4.78, 5) is 13.7. The highest BCUT2D eigenvalue weighted by Crippen LogP contribution is 2.03. The fourth-order valence-corrected chi connectivity index (χ4v) is 1.47. The maximum atomic E-state index is 11.6. The molecule has 1 aromatic heterocycles. The summed E-state index contributed by atoms with van der Waals surface area (Å²) in [6.45, 7) is 3.59. The Morgan fingerprint density at radius 2 is 2.27 bits per heavy atom. The predicted octanol–water partition coefficient (Wildman–Crippen LogP) is 2.58. The maximum absolute atomic E-state index is 11.6. The minimum Gasteiger partial charge on any atom is -0.461 e. The average molecular weight is 209 g/mol. The monoisotopic (exact) mass is 209 g/mol. The van der Waals surface area contributed by atoms with Crippen molar-refractivity contribution in [2.24, 2.45) is 0 Å². The van der Waals surface area contributed by atoms with Crippen molar-refractivity contribution in [3.8, 4) is 0 Å². The fraction of sp³-hybridized carbons (Fsp3) is 0.583. The number of hydrogen-bond donors (Lipinski definition) is 0. The molecule has 0 aliphatic rings. The highest BCUT2D eigenvalue weighted by Gasteiger charge is 2.10. The summed E-state index contributed by atoms with van der Waals surface area (Å²) in [5.74, 6) is 0.510. The van der Waals surface area contributed by atoms with E-state index in [1.165, 1.54) is 19.1 Å². The summed E-state index contributed by atoms with van der Waals surface area (Å²) in [5, 5.41) is 0. The quantitative estimate of drug-likeness (QED) is 0.511. The van der Waals surface area contributed by atoms with Crippen molar-refractivity contribution in [2.75, 3.05) is 20.1 Å². The topological polar surface area (TPSA) is 33.5 Å². The molecule has 0 saturated heterocycles. The number of carbonyl (C=O) groups is 1. The van der Waals surface area contributed by atoms with E-state index >= 15 is 0 Å². The highest BCUT2D eigenvalue weighted by atomic mass is 16.3. The molecule has 3 heteroatoms. The zero-order valence-corrected chi connectivity index (χ0v) is 9.53. The molecule has 1 heterocycles. The van der Waals surface area contributed by atoms with Crippen LogP contribution in [0, 0.1) is 0 Å². The van der Waals surface area contributed by atoms with E-state index in [4.69, 9.17) is 4.42 Å². The Morgan fingerprint density at radius 3 is 2.87 bits per heavy atom. The highest BCUT2D eigenvalue weighted by molar-refractivity contribution is 5.94. The van der Waals surface area contributed by atoms with Crippen molar-refractivity contribution < 1.29 is 9.21 Å². The lowest BCUT2D eigenvalue weighted by Crippen LogP contribution is -2.26. The van der Waals surface area contributed by atoms with Crippen LogP contribution in [0.15, 0.2) is 22.8 Å². The third kappa shape index (κ3) is 4.30. The van der Waals surface area contributed by atoms with Crippen LogP contribution in [-0.4, -0.2) is 30.8 Å². The Hall–Kier alpha value is -1.09. The molecule has 0 spiro atoms. The second-order valence-corrected chi connectivity index (χ2v) is 3.85. The molecular weight excluding hydrogens is 190 g/mol. The largest absolute Gasteiger partial charge is 0.461 e. The van der Waals surface area contributed by atoms with Crippen molar-refractivity contribution in [3.05, 3.63) is 24.2 Å². The molecule has 0 aliphatic heterocycles. The lowest BCUT2D eigenvalue weighted by molar-refractivity contribution is 0.0918. The molecule has 0 bridgehead atoms. The molecule has 0 N–H and O–H groups in total. The lowest BCUT2D eigenvalue weighted by Gasteiger charge is -2.14. The molecule has 0 atom stereocenters. The Morgan fingerprint density at radius 1 is 1.47 bits per heavy atom. The van der Waals surface area contributed by atoms with Gasteiger partial charge in [-0.15, -0.1) is 0 Å². The number of ketones is 1. The van der Waals surface area contributed by atoms with Gasteiger partial charge in [0.25, 0.3) is 0 Å². The van der Waals surface area contributed by atoms with Crippen LogP contribution in [0.4, 0.5) is 0 Å². The number of unbranched alkanes of at least 4 members (excludes halogenated alkanes) is 2. The number of carbonyl (C=O) groups excluding carboxylic acids is 1. The van der Waals surface area contributed by atoms with E-state index in [1.807, 2.05) is 11.9 Å². The molecule has 0 amide bonds. The number of nitrogens with zero attached hydrogens (tertiary/aromatic N) is 1. The molecule has 15 heavy (non-hydrogen) atoms. The van der Waals surface area contributed by atoms with Gasteiger partial charge in [-0.05, 0) is 32.1 Å². The van der Waals surface area contributed by atoms with E-state index in [0.717, 1.165) is 13.0 Å². The van der Waals surface area contributed by atoms with Crippen LogP contribution < -0.4 is 0 Å². The second-order valence-electron chi connectivity index (χ2n) is 3.85. The van der Waals surface area contributed by atoms with Gasteiger partial charge in [-0.2, -0.15) is 0 Å². The zero-order chi connectivity index (χ0) is 11.1. The smallest absolute Gasteiger partial charge is 0.211 e. The third-order valence-electron chi connectivity index (χ3n) is 2.35. The van der Waals surface area contributed by atoms with Crippen LogP contribution in [-0.2, 0) is 0 Å². The molecular formula is C12H19NO2. The Bertz CT molecular complexity index is 280. The molecule has 0 saturated carbocycles. The van der Waals surface area contributed by atoms with Crippen molar-refractivity contribution in [3.63, 3.8) is 0 Å². The minimum absolute atomic E-state index is 0.0546. The summed E-state index contributed by atoms with van der Waals surface area (Å²) in [6, 6.07) is 3.45. The molecule has 0 unspecified atom stereocenters. The van der Waals surface area contributed by atoms with Crippen LogP contribution in [0.25, 0.3) is 0 Å². The molecule has 0 fully saturated rings. The van der Waals surface area contributed by atoms with Gasteiger partial charge in [-0.1, -0.05) is 19.8 Å². The SMILES string of the molecule is CCCCCN(C)CC(=O)c1ccco1. The van der Waals surface area contributed by atoms with Crippen LogP contribution in [0.5, 0.6) is 0 Å². The Labute approximate surface area is 91.1 Å². The van der Waals surface area contributed by atoms with Crippen molar-refractivity contribution >= 4 is 5.78 Å². The summed E-state index contributed by atoms with van der Waals surface area (Å²) in [7, 11) is 1.97. The fourth-order valence-electron chi connectivity index (χ4n) is 1.47. The van der Waals surface area contributed by atoms with Crippen LogP contribution in [0.2, 0.25) is 0 Å². The number of Topliss-reactive ketones (excluding diaryl/α,β-unsaturated/α-hetero) is 1. The van der Waals surface area contributed by atoms with Crippen molar-refractivity contribution in [2.45, 2.75) is 26.2 Å². The van der Waals surface area contributed by atoms with Gasteiger partial charge in [0, 0.05) is 0 Å². The van der Waals surface area contributed by atoms with E-state index in [0.29, 0.717) is 12.3 Å². The van der Waals surface area contributed by atoms with Gasteiger partial charge in [0.15, 0.2) is 5.76 Å². The number of hydrogen-bond acceptors (Lipinski definition) is 3. The predicted molar refractivity (Wildman–Crippen MR) is 60.1 cm³/mol. The van der Waals surface area contributed by atoms with E-state index in [1.54, 1.807) is 12.1 Å². The van der Waals surface area contributed by atoms with Crippen LogP contribution in [0.1, 0.15) is 36.7 Å². The molecule has 1 rings (SSSR count). The van der Waals surface area contributed by atoms with Gasteiger partial charge in [-0.25, -0.2) is 0 Å². The van der Waals surface area contributed by atoms with Crippen molar-refractivity contribution in [1.82, 2.24) is 4.90 Å². The summed E-state index contributed by atoms with van der Waals surface area (Å²) in [5.41, 5.74) is 0. The minimum atomic E-state index is 0.0546. The Balaban J connectivity index is 2.26. The first-order valence-electron chi connectivity index (χ1n) is 5.49. The molecule has 3 nitrogen and oxygen atoms in total. The van der Waals surface area contributed by atoms with Crippen LogP contribution >= 0.6 is 0 Å². The van der Waals surface area contributed by atoms with Crippen LogP contribution in [0.3, 0.4) is 0 Å². The van der Waals surface area contributed by atoms with Gasteiger partial charge >= 0.3 is 0 Å². The standard InChI is InChI=1S/C12H19NO2/c1-3-4-5-8-13(2)10-11(14)12-7-6-9-15-12/h6-7,9H,3-5,8,10H2,1-2H3. The average Bonchev–Trinajstić information content (AvgIpc) is 2.70. The third-order valence-corrected chi connectivity index (χ3v) is 2.35. The van der Waals surface area contributed by atoms with Gasteiger partial charge < -0.3 is 4.42 Å². The van der Waals surface area contributed by atoms with Gasteiger partial charge in [0.05, 0.1) is 12.8 Å². The summed E-state index contributed by atoms with van der Waals surface area (Å²) < 4.78 is 5.05. The van der Waals surface area contributed by atoms with E-state index in [-0.39, 0.29) is 5.78 Å². The van der Waals surface area contributed by atoms with E-state index < -0.39 is 0 Å². The van der Waals surface area contributed by atoms with E-state index in [9.17, 15) is 4.79 Å². The summed E-state index contributed by atoms with van der Waals surface area (Å²) in [6.07, 6.45) is 5.11. The Kier molecular flexibility index (Phi) is 5.12. The molecule has 0 radical (unpaired) electrons. The molecule has 1 aromatic rings. The first-order valence-corrected chi connectivity index (χ1v) is 5.49. The van der Waals surface area contributed by atoms with Gasteiger partial charge in [0.1, 0.15) is 0 Å².